The number of benzene rings is 2. The molecule has 3 rings (SSSR count). The predicted molar refractivity (Wildman–Crippen MR) is 117 cm³/mol. The Labute approximate surface area is 172 Å². The number of hydrogen-bond acceptors (Lipinski definition) is 4. The van der Waals surface area contributed by atoms with Crippen molar-refractivity contribution in [3.63, 3.8) is 0 Å². The molecule has 2 N–H and O–H groups in total. The zero-order chi connectivity index (χ0) is 20.5. The molecule has 6 nitrogen and oxygen atoms in total. The number of piperazine rings is 1. The minimum atomic E-state index is -0.609. The third-order valence-corrected chi connectivity index (χ3v) is 5.28. The Morgan fingerprint density at radius 2 is 1.59 bits per heavy atom. The number of hydrogen-bond donors (Lipinski definition) is 2. The first kappa shape index (κ1) is 20.9. The molecule has 1 heterocycles. The zero-order valence-electron chi connectivity index (χ0n) is 17.1. The Morgan fingerprint density at radius 3 is 2.31 bits per heavy atom. The highest BCUT2D eigenvalue weighted by Crippen LogP contribution is 2.16. The van der Waals surface area contributed by atoms with Crippen LogP contribution in [0.15, 0.2) is 54.6 Å². The highest BCUT2D eigenvalue weighted by molar-refractivity contribution is 6.39. The summed E-state index contributed by atoms with van der Waals surface area (Å²) in [5, 5.41) is 5.43. The third kappa shape index (κ3) is 6.06. The van der Waals surface area contributed by atoms with Crippen LogP contribution in [-0.4, -0.2) is 56.0 Å². The van der Waals surface area contributed by atoms with Gasteiger partial charge in [0, 0.05) is 44.1 Å². The van der Waals surface area contributed by atoms with E-state index in [9.17, 15) is 9.59 Å². The molecule has 1 saturated heterocycles. The summed E-state index contributed by atoms with van der Waals surface area (Å²) in [4.78, 5) is 29.0. The topological polar surface area (TPSA) is 64.7 Å². The maximum absolute atomic E-state index is 12.1. The van der Waals surface area contributed by atoms with Crippen molar-refractivity contribution in [3.8, 4) is 0 Å². The molecule has 1 fully saturated rings. The van der Waals surface area contributed by atoms with E-state index in [-0.39, 0.29) is 0 Å². The summed E-state index contributed by atoms with van der Waals surface area (Å²) in [7, 11) is 0. The minimum Gasteiger partial charge on any atom is -0.369 e. The summed E-state index contributed by atoms with van der Waals surface area (Å²) >= 11 is 0. The van der Waals surface area contributed by atoms with Gasteiger partial charge < -0.3 is 15.5 Å². The van der Waals surface area contributed by atoms with Crippen molar-refractivity contribution in [3.05, 3.63) is 60.2 Å². The first-order chi connectivity index (χ1) is 14.2. The quantitative estimate of drug-likeness (QED) is 0.560. The molecule has 2 aromatic carbocycles. The van der Waals surface area contributed by atoms with Crippen LogP contribution in [0.25, 0.3) is 0 Å². The van der Waals surface area contributed by atoms with E-state index in [0.29, 0.717) is 12.2 Å². The summed E-state index contributed by atoms with van der Waals surface area (Å²) in [5.41, 5.74) is 2.99. The van der Waals surface area contributed by atoms with Crippen LogP contribution in [0.2, 0.25) is 0 Å². The van der Waals surface area contributed by atoms with Crippen LogP contribution in [-0.2, 0) is 16.0 Å². The number of rotatable bonds is 7. The van der Waals surface area contributed by atoms with Crippen molar-refractivity contribution in [2.24, 2.45) is 0 Å². The van der Waals surface area contributed by atoms with Crippen LogP contribution in [0.4, 0.5) is 11.4 Å². The highest BCUT2D eigenvalue weighted by Gasteiger charge is 2.17. The van der Waals surface area contributed by atoms with Gasteiger partial charge in [0.2, 0.25) is 0 Å². The van der Waals surface area contributed by atoms with E-state index >= 15 is 0 Å². The molecule has 0 saturated carbocycles. The lowest BCUT2D eigenvalue weighted by molar-refractivity contribution is -0.136. The second kappa shape index (κ2) is 10.6. The van der Waals surface area contributed by atoms with Crippen LogP contribution in [0.3, 0.4) is 0 Å². The van der Waals surface area contributed by atoms with E-state index in [2.05, 4.69) is 44.7 Å². The summed E-state index contributed by atoms with van der Waals surface area (Å²) in [6.45, 7) is 7.48. The lowest BCUT2D eigenvalue weighted by Gasteiger charge is -2.36. The Morgan fingerprint density at radius 1 is 0.897 bits per heavy atom. The smallest absolute Gasteiger partial charge is 0.313 e. The molecular weight excluding hydrogens is 364 g/mol. The molecule has 2 aromatic rings. The molecule has 2 amide bonds. The van der Waals surface area contributed by atoms with Gasteiger partial charge in [-0.3, -0.25) is 14.5 Å². The van der Waals surface area contributed by atoms with Crippen LogP contribution >= 0.6 is 0 Å². The van der Waals surface area contributed by atoms with Gasteiger partial charge in [0.05, 0.1) is 0 Å². The lowest BCUT2D eigenvalue weighted by Crippen LogP contribution is -2.47. The van der Waals surface area contributed by atoms with E-state index in [0.717, 1.165) is 51.1 Å². The lowest BCUT2D eigenvalue weighted by atomic mass is 10.1. The molecule has 0 radical (unpaired) electrons. The van der Waals surface area contributed by atoms with Gasteiger partial charge in [0.15, 0.2) is 0 Å². The summed E-state index contributed by atoms with van der Waals surface area (Å²) in [5.74, 6) is -1.19. The average Bonchev–Trinajstić information content (AvgIpc) is 2.78. The molecule has 0 bridgehead atoms. The number of carbonyl (C=O) groups is 2. The van der Waals surface area contributed by atoms with Crippen LogP contribution in [0.5, 0.6) is 0 Å². The molecular formula is C23H30N4O2. The van der Waals surface area contributed by atoms with Gasteiger partial charge in [0.1, 0.15) is 0 Å². The van der Waals surface area contributed by atoms with Gasteiger partial charge in [-0.25, -0.2) is 0 Å². The van der Waals surface area contributed by atoms with Gasteiger partial charge in [0.25, 0.3) is 0 Å². The molecule has 0 aliphatic carbocycles. The summed E-state index contributed by atoms with van der Waals surface area (Å²) in [6, 6.07) is 18.0. The van der Waals surface area contributed by atoms with E-state index < -0.39 is 11.8 Å². The number of anilines is 2. The zero-order valence-corrected chi connectivity index (χ0v) is 17.1. The Bertz CT molecular complexity index is 802. The first-order valence-electron chi connectivity index (χ1n) is 10.4. The van der Waals surface area contributed by atoms with Gasteiger partial charge in [-0.1, -0.05) is 43.3 Å². The number of nitrogens with zero attached hydrogens (tertiary/aromatic N) is 2. The van der Waals surface area contributed by atoms with Crippen molar-refractivity contribution in [1.82, 2.24) is 10.2 Å². The molecule has 154 valence electrons. The summed E-state index contributed by atoms with van der Waals surface area (Å²) < 4.78 is 0. The van der Waals surface area contributed by atoms with Crippen molar-refractivity contribution in [2.45, 2.75) is 19.8 Å². The maximum Gasteiger partial charge on any atom is 0.313 e. The maximum atomic E-state index is 12.1. The first-order valence-corrected chi connectivity index (χ1v) is 10.4. The second-order valence-corrected chi connectivity index (χ2v) is 7.24. The largest absolute Gasteiger partial charge is 0.369 e. The van der Waals surface area contributed by atoms with Gasteiger partial charge in [-0.15, -0.1) is 0 Å². The SMILES string of the molecule is CCc1ccccc1NC(=O)C(=O)NCCCN1CCN(c2ccccc2)CC1. The molecule has 0 aromatic heterocycles. The van der Waals surface area contributed by atoms with Crippen molar-refractivity contribution in [1.29, 1.82) is 0 Å². The second-order valence-electron chi connectivity index (χ2n) is 7.24. The Hall–Kier alpha value is -2.86. The van der Waals surface area contributed by atoms with Crippen LogP contribution in [0.1, 0.15) is 18.9 Å². The number of nitrogens with one attached hydrogen (secondary N) is 2. The van der Waals surface area contributed by atoms with Crippen LogP contribution in [0, 0.1) is 0 Å². The molecule has 0 atom stereocenters. The number of aryl methyl sites for hydroxylation is 1. The Balaban J connectivity index is 1.33. The van der Waals surface area contributed by atoms with Crippen molar-refractivity contribution >= 4 is 23.2 Å². The fourth-order valence-electron chi connectivity index (χ4n) is 3.58. The molecule has 0 spiro atoms. The number of amides is 2. The van der Waals surface area contributed by atoms with Gasteiger partial charge >= 0.3 is 11.8 Å². The third-order valence-electron chi connectivity index (χ3n) is 5.28. The van der Waals surface area contributed by atoms with E-state index in [1.54, 1.807) is 0 Å². The average molecular weight is 395 g/mol. The van der Waals surface area contributed by atoms with Crippen LogP contribution < -0.4 is 15.5 Å². The monoisotopic (exact) mass is 394 g/mol. The van der Waals surface area contributed by atoms with E-state index in [4.69, 9.17) is 0 Å². The highest BCUT2D eigenvalue weighted by atomic mass is 16.2. The predicted octanol–water partition coefficient (Wildman–Crippen LogP) is 2.52. The molecule has 1 aliphatic heterocycles. The Kier molecular flexibility index (Phi) is 7.64. The number of carbonyl (C=O) groups excluding carboxylic acids is 2. The normalized spacial score (nSPS) is 14.4. The fraction of sp³-hybridized carbons (Fsp3) is 0.391. The molecule has 29 heavy (non-hydrogen) atoms. The van der Waals surface area contributed by atoms with Crippen molar-refractivity contribution in [2.75, 3.05) is 49.5 Å². The molecule has 1 aliphatic rings. The van der Waals surface area contributed by atoms with Gasteiger partial charge in [-0.05, 0) is 43.1 Å². The summed E-state index contributed by atoms with van der Waals surface area (Å²) in [6.07, 6.45) is 1.63. The van der Waals surface area contributed by atoms with E-state index in [1.807, 2.05) is 37.3 Å². The molecule has 0 unspecified atom stereocenters. The molecule has 6 heteroatoms. The van der Waals surface area contributed by atoms with E-state index in [1.165, 1.54) is 5.69 Å². The number of para-hydroxylation sites is 2. The minimum absolute atomic E-state index is 0.501. The van der Waals surface area contributed by atoms with Crippen molar-refractivity contribution < 1.29 is 9.59 Å². The fourth-order valence-corrected chi connectivity index (χ4v) is 3.58. The standard InChI is InChI=1S/C23H30N4O2/c1-2-19-9-6-7-12-21(19)25-23(29)22(28)24-13-8-14-26-15-17-27(18-16-26)20-10-4-3-5-11-20/h3-7,9-12H,2,8,13-18H2,1H3,(H,24,28)(H,25,29). The van der Waals surface area contributed by atoms with Gasteiger partial charge in [-0.2, -0.15) is 0 Å².